The molecule has 1 aromatic carbocycles. The van der Waals surface area contributed by atoms with Crippen LogP contribution in [0.15, 0.2) is 42.3 Å². The fourth-order valence-electron chi connectivity index (χ4n) is 1.63. The summed E-state index contributed by atoms with van der Waals surface area (Å²) < 4.78 is 18.2. The molecular weight excluding hydrogens is 291 g/mol. The van der Waals surface area contributed by atoms with E-state index in [1.807, 2.05) is 0 Å². The Balaban J connectivity index is 1.98. The number of rotatable bonds is 6. The molecule has 0 saturated carbocycles. The lowest BCUT2D eigenvalue weighted by Gasteiger charge is -2.12. The van der Waals surface area contributed by atoms with Crippen LogP contribution in [0.5, 0.6) is 0 Å². The molecule has 0 aliphatic carbocycles. The molecule has 1 N–H and O–H groups in total. The van der Waals surface area contributed by atoms with Gasteiger partial charge in [0.25, 0.3) is 0 Å². The summed E-state index contributed by atoms with van der Waals surface area (Å²) in [6.07, 6.45) is 1.24. The number of nitrogens with zero attached hydrogens (tertiary/aromatic N) is 1. The zero-order valence-electron chi connectivity index (χ0n) is 11.5. The molecular formula is C15H15FN2O2S. The Kier molecular flexibility index (Phi) is 5.05. The van der Waals surface area contributed by atoms with Crippen LogP contribution in [-0.4, -0.2) is 17.5 Å². The van der Waals surface area contributed by atoms with Crippen LogP contribution >= 0.6 is 11.3 Å². The Morgan fingerprint density at radius 2 is 2.24 bits per heavy atom. The summed E-state index contributed by atoms with van der Waals surface area (Å²) in [6.45, 7) is 5.90. The average molecular weight is 306 g/mol. The number of aromatic nitrogens is 1. The molecule has 4 nitrogen and oxygen atoms in total. The smallest absolute Gasteiger partial charge is 0.358 e. The standard InChI is InChI=1S/C15H15FN2O2S/c1-3-8-17-15-18-13(9-21-15)14(19)20-10(2)11-4-6-12(16)7-5-11/h3-7,9-10H,1,8H2,2H3,(H,17,18)/t10-/m0/s1. The molecule has 0 radical (unpaired) electrons. The number of esters is 1. The molecule has 0 aliphatic rings. The van der Waals surface area contributed by atoms with Gasteiger partial charge in [-0.3, -0.25) is 0 Å². The van der Waals surface area contributed by atoms with E-state index in [4.69, 9.17) is 4.74 Å². The van der Waals surface area contributed by atoms with Gasteiger partial charge in [0, 0.05) is 11.9 Å². The minimum absolute atomic E-state index is 0.250. The number of carbonyl (C=O) groups is 1. The fraction of sp³-hybridized carbons (Fsp3) is 0.200. The van der Waals surface area contributed by atoms with Gasteiger partial charge < -0.3 is 10.1 Å². The lowest BCUT2D eigenvalue weighted by atomic mass is 10.1. The highest BCUT2D eigenvalue weighted by Crippen LogP contribution is 2.21. The molecule has 0 aliphatic heterocycles. The predicted molar refractivity (Wildman–Crippen MR) is 81.0 cm³/mol. The largest absolute Gasteiger partial charge is 0.453 e. The highest BCUT2D eigenvalue weighted by molar-refractivity contribution is 7.13. The monoisotopic (exact) mass is 306 g/mol. The van der Waals surface area contributed by atoms with Gasteiger partial charge in [-0.2, -0.15) is 0 Å². The van der Waals surface area contributed by atoms with E-state index in [-0.39, 0.29) is 11.5 Å². The van der Waals surface area contributed by atoms with Gasteiger partial charge in [0.05, 0.1) is 0 Å². The molecule has 1 atom stereocenters. The maximum atomic E-state index is 12.9. The molecule has 0 unspecified atom stereocenters. The number of halogens is 1. The predicted octanol–water partition coefficient (Wildman–Crippen LogP) is 3.80. The van der Waals surface area contributed by atoms with Gasteiger partial charge >= 0.3 is 5.97 Å². The molecule has 0 bridgehead atoms. The molecule has 0 saturated heterocycles. The first-order valence-corrected chi connectivity index (χ1v) is 7.25. The molecule has 21 heavy (non-hydrogen) atoms. The molecule has 0 spiro atoms. The number of ether oxygens (including phenoxy) is 1. The first kappa shape index (κ1) is 15.2. The number of hydrogen-bond acceptors (Lipinski definition) is 5. The summed E-state index contributed by atoms with van der Waals surface area (Å²) in [4.78, 5) is 16.1. The molecule has 0 amide bonds. The van der Waals surface area contributed by atoms with Crippen LogP contribution in [0.25, 0.3) is 0 Å². The van der Waals surface area contributed by atoms with E-state index in [0.29, 0.717) is 11.7 Å². The molecule has 0 fully saturated rings. The third-order valence-corrected chi connectivity index (χ3v) is 3.53. The quantitative estimate of drug-likeness (QED) is 0.651. The van der Waals surface area contributed by atoms with Crippen molar-refractivity contribution >= 4 is 22.4 Å². The Morgan fingerprint density at radius 1 is 1.52 bits per heavy atom. The van der Waals surface area contributed by atoms with E-state index in [1.165, 1.54) is 23.5 Å². The zero-order chi connectivity index (χ0) is 15.2. The Morgan fingerprint density at radius 3 is 2.90 bits per heavy atom. The van der Waals surface area contributed by atoms with Crippen LogP contribution in [0.1, 0.15) is 29.1 Å². The molecule has 1 aromatic heterocycles. The van der Waals surface area contributed by atoms with Crippen molar-refractivity contribution in [2.75, 3.05) is 11.9 Å². The molecule has 110 valence electrons. The topological polar surface area (TPSA) is 51.2 Å². The summed E-state index contributed by atoms with van der Waals surface area (Å²) in [5.41, 5.74) is 0.977. The van der Waals surface area contributed by atoms with Crippen LogP contribution in [0.4, 0.5) is 9.52 Å². The van der Waals surface area contributed by atoms with Gasteiger partial charge in [-0.1, -0.05) is 18.2 Å². The molecule has 1 heterocycles. The second-order valence-corrected chi connectivity index (χ2v) is 5.16. The van der Waals surface area contributed by atoms with Crippen molar-refractivity contribution in [3.63, 3.8) is 0 Å². The van der Waals surface area contributed by atoms with Gasteiger partial charge in [-0.25, -0.2) is 14.2 Å². The van der Waals surface area contributed by atoms with Crippen molar-refractivity contribution < 1.29 is 13.9 Å². The van der Waals surface area contributed by atoms with Gasteiger partial charge in [-0.15, -0.1) is 17.9 Å². The van der Waals surface area contributed by atoms with E-state index in [2.05, 4.69) is 16.9 Å². The van der Waals surface area contributed by atoms with Crippen molar-refractivity contribution in [1.29, 1.82) is 0 Å². The van der Waals surface area contributed by atoms with E-state index in [1.54, 1.807) is 30.5 Å². The Bertz CT molecular complexity index is 625. The average Bonchev–Trinajstić information content (AvgIpc) is 2.94. The van der Waals surface area contributed by atoms with Crippen molar-refractivity contribution in [3.05, 3.63) is 59.4 Å². The SMILES string of the molecule is C=CCNc1nc(C(=O)O[C@@H](C)c2ccc(F)cc2)cs1. The third kappa shape index (κ3) is 4.13. The summed E-state index contributed by atoms with van der Waals surface area (Å²) in [5.74, 6) is -0.829. The van der Waals surface area contributed by atoms with Gasteiger partial charge in [0.1, 0.15) is 11.9 Å². The number of thiazole rings is 1. The number of anilines is 1. The van der Waals surface area contributed by atoms with E-state index < -0.39 is 12.1 Å². The first-order chi connectivity index (χ1) is 10.1. The number of carbonyl (C=O) groups excluding carboxylic acids is 1. The second-order valence-electron chi connectivity index (χ2n) is 4.31. The lowest BCUT2D eigenvalue weighted by Crippen LogP contribution is -2.10. The summed E-state index contributed by atoms with van der Waals surface area (Å²) in [7, 11) is 0. The lowest BCUT2D eigenvalue weighted by molar-refractivity contribution is 0.0332. The normalized spacial score (nSPS) is 11.7. The van der Waals surface area contributed by atoms with Crippen LogP contribution in [-0.2, 0) is 4.74 Å². The van der Waals surface area contributed by atoms with E-state index in [9.17, 15) is 9.18 Å². The molecule has 6 heteroatoms. The summed E-state index contributed by atoms with van der Waals surface area (Å²) in [5, 5.41) is 5.27. The summed E-state index contributed by atoms with van der Waals surface area (Å²) in [6, 6.07) is 5.84. The van der Waals surface area contributed by atoms with Crippen molar-refractivity contribution in [1.82, 2.24) is 4.98 Å². The van der Waals surface area contributed by atoms with Crippen LogP contribution in [0, 0.1) is 5.82 Å². The van der Waals surface area contributed by atoms with Gasteiger partial charge in [-0.05, 0) is 24.6 Å². The van der Waals surface area contributed by atoms with Crippen molar-refractivity contribution in [2.45, 2.75) is 13.0 Å². The van der Waals surface area contributed by atoms with Crippen LogP contribution < -0.4 is 5.32 Å². The minimum atomic E-state index is -0.505. The number of hydrogen-bond donors (Lipinski definition) is 1. The second kappa shape index (κ2) is 6.99. The van der Waals surface area contributed by atoms with Crippen molar-refractivity contribution in [3.8, 4) is 0 Å². The van der Waals surface area contributed by atoms with Crippen LogP contribution in [0.3, 0.4) is 0 Å². The highest BCUT2D eigenvalue weighted by Gasteiger charge is 2.16. The Hall–Kier alpha value is -2.21. The maximum Gasteiger partial charge on any atom is 0.358 e. The Labute approximate surface area is 126 Å². The molecule has 2 rings (SSSR count). The van der Waals surface area contributed by atoms with Gasteiger partial charge in [0.15, 0.2) is 10.8 Å². The third-order valence-electron chi connectivity index (χ3n) is 2.73. The molecule has 2 aromatic rings. The number of nitrogens with one attached hydrogen (secondary N) is 1. The van der Waals surface area contributed by atoms with E-state index in [0.717, 1.165) is 5.56 Å². The fourth-order valence-corrected chi connectivity index (χ4v) is 2.32. The number of benzene rings is 1. The van der Waals surface area contributed by atoms with E-state index >= 15 is 0 Å². The van der Waals surface area contributed by atoms with Crippen LogP contribution in [0.2, 0.25) is 0 Å². The zero-order valence-corrected chi connectivity index (χ0v) is 12.3. The maximum absolute atomic E-state index is 12.9. The van der Waals surface area contributed by atoms with Gasteiger partial charge in [0.2, 0.25) is 0 Å². The van der Waals surface area contributed by atoms with Crippen molar-refractivity contribution in [2.24, 2.45) is 0 Å². The summed E-state index contributed by atoms with van der Waals surface area (Å²) >= 11 is 1.32. The highest BCUT2D eigenvalue weighted by atomic mass is 32.1. The first-order valence-electron chi connectivity index (χ1n) is 6.37. The minimum Gasteiger partial charge on any atom is -0.453 e.